The molecule has 0 radical (unpaired) electrons. The summed E-state index contributed by atoms with van der Waals surface area (Å²) < 4.78 is 16.5. The minimum atomic E-state index is -0.361. The van der Waals surface area contributed by atoms with Crippen molar-refractivity contribution in [3.8, 4) is 33.3 Å². The van der Waals surface area contributed by atoms with Crippen LogP contribution in [0.2, 0.25) is 0 Å². The lowest BCUT2D eigenvalue weighted by Gasteiger charge is -2.26. The maximum absolute atomic E-state index is 12.6. The summed E-state index contributed by atoms with van der Waals surface area (Å²) in [6.45, 7) is 9.08. The van der Waals surface area contributed by atoms with Crippen molar-refractivity contribution in [2.75, 3.05) is 51.8 Å². The summed E-state index contributed by atoms with van der Waals surface area (Å²) in [4.78, 5) is 19.9. The smallest absolute Gasteiger partial charge is 0.339 e. The molecule has 0 spiro atoms. The Bertz CT molecular complexity index is 1160. The lowest BCUT2D eigenvalue weighted by atomic mass is 10.1. The van der Waals surface area contributed by atoms with E-state index in [1.165, 1.54) is 26.4 Å². The monoisotopic (exact) mass is 509 g/mol. The van der Waals surface area contributed by atoms with E-state index >= 15 is 0 Å². The second-order valence-electron chi connectivity index (χ2n) is 8.65. The molecule has 0 aliphatic carbocycles. The van der Waals surface area contributed by atoms with E-state index in [9.17, 15) is 4.79 Å². The average molecular weight is 510 g/mol. The molecule has 8 heteroatoms. The number of rotatable bonds is 11. The number of methoxy groups -OCH3 is 1. The van der Waals surface area contributed by atoms with E-state index in [1.54, 1.807) is 11.3 Å². The number of esters is 1. The van der Waals surface area contributed by atoms with Crippen molar-refractivity contribution in [2.24, 2.45) is 0 Å². The van der Waals surface area contributed by atoms with Crippen molar-refractivity contribution in [2.45, 2.75) is 33.1 Å². The number of anilines is 1. The number of benzene rings is 2. The Hall–Kier alpha value is -3.10. The molecule has 0 atom stereocenters. The van der Waals surface area contributed by atoms with E-state index in [-0.39, 0.29) is 5.97 Å². The van der Waals surface area contributed by atoms with Crippen molar-refractivity contribution < 1.29 is 19.0 Å². The van der Waals surface area contributed by atoms with Gasteiger partial charge in [-0.3, -0.25) is 0 Å². The second kappa shape index (κ2) is 12.7. The van der Waals surface area contributed by atoms with Crippen LogP contribution in [0.5, 0.6) is 11.5 Å². The average Bonchev–Trinajstić information content (AvgIpc) is 3.41. The normalized spacial score (nSPS) is 13.9. The van der Waals surface area contributed by atoms with Crippen molar-refractivity contribution in [3.63, 3.8) is 0 Å². The molecule has 7 nitrogen and oxygen atoms in total. The van der Waals surface area contributed by atoms with Gasteiger partial charge in [-0.15, -0.1) is 11.3 Å². The van der Waals surface area contributed by atoms with Crippen LogP contribution in [0.15, 0.2) is 41.8 Å². The van der Waals surface area contributed by atoms with E-state index in [0.717, 1.165) is 59.4 Å². The standard InChI is InChI=1S/C28H35N3O4S/c1-4-34-25-12-10-21(18-26(25)35-5-2)27-30-24(19-36-27)20-9-11-23(22(17-20)28(32)33-3)29-13-16-31-14-7-6-8-15-31/h9-12,17-19,29H,4-8,13-16H2,1-3H3. The van der Waals surface area contributed by atoms with Crippen LogP contribution < -0.4 is 14.8 Å². The minimum absolute atomic E-state index is 0.361. The summed E-state index contributed by atoms with van der Waals surface area (Å²) in [5.74, 6) is 1.08. The van der Waals surface area contributed by atoms with Crippen molar-refractivity contribution in [1.82, 2.24) is 9.88 Å². The third kappa shape index (κ3) is 6.36. The number of nitrogens with one attached hydrogen (secondary N) is 1. The fourth-order valence-electron chi connectivity index (χ4n) is 4.39. The molecular formula is C28H35N3O4S. The van der Waals surface area contributed by atoms with Crippen LogP contribution in [-0.4, -0.2) is 62.4 Å². The third-order valence-corrected chi connectivity index (χ3v) is 7.10. The van der Waals surface area contributed by atoms with Gasteiger partial charge >= 0.3 is 5.97 Å². The fourth-order valence-corrected chi connectivity index (χ4v) is 5.22. The van der Waals surface area contributed by atoms with Gasteiger partial charge in [-0.25, -0.2) is 9.78 Å². The molecule has 36 heavy (non-hydrogen) atoms. The van der Waals surface area contributed by atoms with Crippen LogP contribution in [0.25, 0.3) is 21.8 Å². The predicted molar refractivity (Wildman–Crippen MR) is 145 cm³/mol. The molecule has 4 rings (SSSR count). The van der Waals surface area contributed by atoms with Gasteiger partial charge in [-0.1, -0.05) is 12.5 Å². The van der Waals surface area contributed by atoms with Gasteiger partial charge in [0.1, 0.15) is 5.01 Å². The van der Waals surface area contributed by atoms with Crippen LogP contribution in [0, 0.1) is 0 Å². The number of piperidine rings is 1. The first-order valence-electron chi connectivity index (χ1n) is 12.7. The van der Waals surface area contributed by atoms with Crippen LogP contribution >= 0.6 is 11.3 Å². The zero-order valence-electron chi connectivity index (χ0n) is 21.3. The second-order valence-corrected chi connectivity index (χ2v) is 9.50. The van der Waals surface area contributed by atoms with Crippen molar-refractivity contribution in [1.29, 1.82) is 0 Å². The Morgan fingerprint density at radius 2 is 1.75 bits per heavy atom. The summed E-state index contributed by atoms with van der Waals surface area (Å²) in [6, 6.07) is 11.7. The van der Waals surface area contributed by atoms with Gasteiger partial charge in [-0.2, -0.15) is 0 Å². The molecule has 2 heterocycles. The van der Waals surface area contributed by atoms with E-state index < -0.39 is 0 Å². The Morgan fingerprint density at radius 1 is 1.00 bits per heavy atom. The molecule has 192 valence electrons. The molecule has 1 aliphatic rings. The molecule has 3 aromatic rings. The number of ether oxygens (including phenoxy) is 3. The molecule has 0 saturated carbocycles. The lowest BCUT2D eigenvalue weighted by Crippen LogP contribution is -2.33. The molecular weight excluding hydrogens is 474 g/mol. The number of aromatic nitrogens is 1. The maximum Gasteiger partial charge on any atom is 0.339 e. The molecule has 2 aromatic carbocycles. The third-order valence-electron chi connectivity index (χ3n) is 6.21. The van der Waals surface area contributed by atoms with Gasteiger partial charge in [0, 0.05) is 35.3 Å². The highest BCUT2D eigenvalue weighted by atomic mass is 32.1. The van der Waals surface area contributed by atoms with Crippen molar-refractivity contribution >= 4 is 23.0 Å². The molecule has 1 fully saturated rings. The highest BCUT2D eigenvalue weighted by Gasteiger charge is 2.17. The van der Waals surface area contributed by atoms with E-state index in [4.69, 9.17) is 19.2 Å². The summed E-state index contributed by atoms with van der Waals surface area (Å²) in [7, 11) is 1.41. The number of carbonyl (C=O) groups is 1. The van der Waals surface area contributed by atoms with Crippen LogP contribution in [0.1, 0.15) is 43.5 Å². The molecule has 1 saturated heterocycles. The van der Waals surface area contributed by atoms with Gasteiger partial charge in [0.15, 0.2) is 11.5 Å². The summed E-state index contributed by atoms with van der Waals surface area (Å²) in [6.07, 6.45) is 3.85. The zero-order chi connectivity index (χ0) is 25.3. The number of hydrogen-bond donors (Lipinski definition) is 1. The fraction of sp³-hybridized carbons (Fsp3) is 0.429. The SMILES string of the molecule is CCOc1ccc(-c2nc(-c3ccc(NCCN4CCCCC4)c(C(=O)OC)c3)cs2)cc1OCC. The number of nitrogens with zero attached hydrogens (tertiary/aromatic N) is 2. The molecule has 1 N–H and O–H groups in total. The topological polar surface area (TPSA) is 72.9 Å². The van der Waals surface area contributed by atoms with E-state index in [2.05, 4.69) is 10.2 Å². The Labute approximate surface area is 217 Å². The quantitative estimate of drug-likeness (QED) is 0.320. The van der Waals surface area contributed by atoms with Crippen LogP contribution in [-0.2, 0) is 4.74 Å². The summed E-state index contributed by atoms with van der Waals surface area (Å²) in [5.41, 5.74) is 3.94. The van der Waals surface area contributed by atoms with Gasteiger partial charge in [-0.05, 0) is 70.1 Å². The molecule has 0 bridgehead atoms. The largest absolute Gasteiger partial charge is 0.490 e. The first-order valence-corrected chi connectivity index (χ1v) is 13.5. The van der Waals surface area contributed by atoms with Gasteiger partial charge in [0.2, 0.25) is 0 Å². The Balaban J connectivity index is 1.53. The summed E-state index contributed by atoms with van der Waals surface area (Å²) in [5, 5.41) is 6.31. The van der Waals surface area contributed by atoms with Gasteiger partial charge < -0.3 is 24.4 Å². The molecule has 0 amide bonds. The molecule has 1 aliphatic heterocycles. The van der Waals surface area contributed by atoms with E-state index in [1.807, 2.05) is 55.6 Å². The van der Waals surface area contributed by atoms with Gasteiger partial charge in [0.05, 0.1) is 31.6 Å². The Morgan fingerprint density at radius 3 is 2.50 bits per heavy atom. The van der Waals surface area contributed by atoms with Gasteiger partial charge in [0.25, 0.3) is 0 Å². The number of thiazole rings is 1. The van der Waals surface area contributed by atoms with Crippen molar-refractivity contribution in [3.05, 3.63) is 47.3 Å². The highest BCUT2D eigenvalue weighted by Crippen LogP contribution is 2.36. The number of hydrogen-bond acceptors (Lipinski definition) is 8. The van der Waals surface area contributed by atoms with Crippen LogP contribution in [0.4, 0.5) is 5.69 Å². The van der Waals surface area contributed by atoms with Crippen LogP contribution in [0.3, 0.4) is 0 Å². The molecule has 1 aromatic heterocycles. The lowest BCUT2D eigenvalue weighted by molar-refractivity contribution is 0.0602. The van der Waals surface area contributed by atoms with E-state index in [0.29, 0.717) is 24.5 Å². The first kappa shape index (κ1) is 26.0. The molecule has 0 unspecified atom stereocenters. The summed E-state index contributed by atoms with van der Waals surface area (Å²) >= 11 is 1.55. The number of likely N-dealkylation sites (tertiary alicyclic amines) is 1. The first-order chi connectivity index (χ1) is 17.6. The maximum atomic E-state index is 12.6. The number of carbonyl (C=O) groups excluding carboxylic acids is 1. The predicted octanol–water partition coefficient (Wildman–Crippen LogP) is 5.96. The minimum Gasteiger partial charge on any atom is -0.490 e. The zero-order valence-corrected chi connectivity index (χ0v) is 22.2. The Kier molecular flexibility index (Phi) is 9.19. The highest BCUT2D eigenvalue weighted by molar-refractivity contribution is 7.13.